The zero-order valence-corrected chi connectivity index (χ0v) is 14.9. The summed E-state index contributed by atoms with van der Waals surface area (Å²) in [6, 6.07) is 2.46. The van der Waals surface area contributed by atoms with Gasteiger partial charge in [-0.05, 0) is 49.4 Å². The van der Waals surface area contributed by atoms with Crippen molar-refractivity contribution in [1.82, 2.24) is 0 Å². The molecule has 2 saturated carbocycles. The third-order valence-electron chi connectivity index (χ3n) is 5.70. The minimum absolute atomic E-state index is 0.0154. The molecule has 0 radical (unpaired) electrons. The zero-order valence-electron chi connectivity index (χ0n) is 14.1. The highest BCUT2D eigenvalue weighted by molar-refractivity contribution is 7.86. The molecule has 0 saturated heterocycles. The molecule has 21 heavy (non-hydrogen) atoms. The molecule has 0 aromatic heterocycles. The number of nitrogens with zero attached hydrogens (tertiary/aromatic N) is 1. The van der Waals surface area contributed by atoms with Gasteiger partial charge in [-0.25, -0.2) is 0 Å². The van der Waals surface area contributed by atoms with Crippen molar-refractivity contribution in [1.29, 1.82) is 5.26 Å². The maximum Gasteiger partial charge on any atom is 0.0668 e. The van der Waals surface area contributed by atoms with Gasteiger partial charge in [0.1, 0.15) is 0 Å². The van der Waals surface area contributed by atoms with Crippen molar-refractivity contribution >= 4 is 10.8 Å². The molecule has 0 heterocycles. The van der Waals surface area contributed by atoms with Gasteiger partial charge >= 0.3 is 0 Å². The highest BCUT2D eigenvalue weighted by atomic mass is 32.2. The first-order valence-corrected chi connectivity index (χ1v) is 9.89. The highest BCUT2D eigenvalue weighted by Gasteiger charge is 2.41. The standard InChI is InChI=1S/C18H31NOS/c1-13-6-5-7-16(10-13)21(20)17-11-15(18(2,3)4)9-8-14(17)12-19/h13-17H,5-11H2,1-4H3. The fraction of sp³-hybridized carbons (Fsp3) is 0.944. The maximum atomic E-state index is 13.1. The van der Waals surface area contributed by atoms with E-state index in [1.165, 1.54) is 12.8 Å². The summed E-state index contributed by atoms with van der Waals surface area (Å²) in [6.45, 7) is 9.14. The van der Waals surface area contributed by atoms with Gasteiger partial charge in [-0.15, -0.1) is 0 Å². The van der Waals surface area contributed by atoms with Crippen LogP contribution in [0.15, 0.2) is 0 Å². The van der Waals surface area contributed by atoms with E-state index in [1.54, 1.807) is 0 Å². The van der Waals surface area contributed by atoms with Crippen LogP contribution in [-0.2, 0) is 10.8 Å². The van der Waals surface area contributed by atoms with E-state index in [-0.39, 0.29) is 16.6 Å². The maximum absolute atomic E-state index is 13.1. The Bertz CT molecular complexity index is 420. The molecule has 3 heteroatoms. The summed E-state index contributed by atoms with van der Waals surface area (Å²) < 4.78 is 13.1. The monoisotopic (exact) mass is 309 g/mol. The van der Waals surface area contributed by atoms with Gasteiger partial charge in [-0.3, -0.25) is 4.21 Å². The Morgan fingerprint density at radius 2 is 1.81 bits per heavy atom. The van der Waals surface area contributed by atoms with Crippen molar-refractivity contribution in [3.05, 3.63) is 0 Å². The first-order chi connectivity index (χ1) is 9.82. The molecule has 0 aromatic carbocycles. The molecule has 6 atom stereocenters. The van der Waals surface area contributed by atoms with Gasteiger partial charge in [0.25, 0.3) is 0 Å². The molecule has 2 aliphatic carbocycles. The lowest BCUT2D eigenvalue weighted by Crippen LogP contribution is -2.41. The fourth-order valence-corrected chi connectivity index (χ4v) is 6.51. The smallest absolute Gasteiger partial charge is 0.0668 e. The first-order valence-electron chi connectivity index (χ1n) is 8.62. The normalized spacial score (nSPS) is 39.5. The summed E-state index contributed by atoms with van der Waals surface area (Å²) in [5.74, 6) is 1.33. The predicted octanol–water partition coefficient (Wildman–Crippen LogP) is 4.67. The van der Waals surface area contributed by atoms with E-state index in [0.717, 1.165) is 32.1 Å². The van der Waals surface area contributed by atoms with Crippen LogP contribution in [0.2, 0.25) is 0 Å². The predicted molar refractivity (Wildman–Crippen MR) is 89.2 cm³/mol. The Hall–Kier alpha value is -0.360. The molecular weight excluding hydrogens is 278 g/mol. The zero-order chi connectivity index (χ0) is 15.6. The highest BCUT2D eigenvalue weighted by Crippen LogP contribution is 2.43. The summed E-state index contributed by atoms with van der Waals surface area (Å²) in [5, 5.41) is 9.92. The molecule has 2 aliphatic rings. The molecule has 0 spiro atoms. The van der Waals surface area contributed by atoms with E-state index < -0.39 is 10.8 Å². The van der Waals surface area contributed by atoms with Gasteiger partial charge in [-0.2, -0.15) is 5.26 Å². The summed E-state index contributed by atoms with van der Waals surface area (Å²) >= 11 is 0. The summed E-state index contributed by atoms with van der Waals surface area (Å²) in [4.78, 5) is 0. The molecule has 0 aliphatic heterocycles. The molecule has 2 rings (SSSR count). The van der Waals surface area contributed by atoms with Crippen LogP contribution in [0.3, 0.4) is 0 Å². The van der Waals surface area contributed by atoms with Crippen LogP contribution in [0, 0.1) is 34.5 Å². The number of hydrogen-bond acceptors (Lipinski definition) is 2. The van der Waals surface area contributed by atoms with Crippen molar-refractivity contribution in [2.75, 3.05) is 0 Å². The second-order valence-corrected chi connectivity index (χ2v) is 10.3. The van der Waals surface area contributed by atoms with Crippen LogP contribution in [-0.4, -0.2) is 14.7 Å². The molecule has 2 fully saturated rings. The summed E-state index contributed by atoms with van der Waals surface area (Å²) in [5.41, 5.74) is 0.267. The summed E-state index contributed by atoms with van der Waals surface area (Å²) in [6.07, 6.45) is 7.74. The lowest BCUT2D eigenvalue weighted by atomic mass is 9.70. The van der Waals surface area contributed by atoms with Crippen LogP contribution in [0.5, 0.6) is 0 Å². The van der Waals surface area contributed by atoms with Gasteiger partial charge in [0.15, 0.2) is 0 Å². The number of hydrogen-bond donors (Lipinski definition) is 0. The number of rotatable bonds is 2. The average molecular weight is 310 g/mol. The van der Waals surface area contributed by atoms with E-state index in [1.807, 2.05) is 0 Å². The van der Waals surface area contributed by atoms with Crippen molar-refractivity contribution in [3.8, 4) is 6.07 Å². The van der Waals surface area contributed by atoms with Crippen molar-refractivity contribution < 1.29 is 4.21 Å². The minimum Gasteiger partial charge on any atom is -0.259 e. The molecular formula is C18H31NOS. The first kappa shape index (κ1) is 17.0. The Morgan fingerprint density at radius 3 is 2.38 bits per heavy atom. The van der Waals surface area contributed by atoms with Gasteiger partial charge in [0.2, 0.25) is 0 Å². The topological polar surface area (TPSA) is 40.9 Å². The molecule has 2 nitrogen and oxygen atoms in total. The largest absolute Gasteiger partial charge is 0.259 e. The molecule has 0 bridgehead atoms. The molecule has 0 amide bonds. The molecule has 6 unspecified atom stereocenters. The Kier molecular flexibility index (Phi) is 5.52. The Morgan fingerprint density at radius 1 is 1.10 bits per heavy atom. The van der Waals surface area contributed by atoms with E-state index in [4.69, 9.17) is 0 Å². The average Bonchev–Trinajstić information content (AvgIpc) is 2.44. The Balaban J connectivity index is 2.10. The van der Waals surface area contributed by atoms with E-state index in [0.29, 0.717) is 17.1 Å². The Labute approximate surface area is 133 Å². The SMILES string of the molecule is CC1CCCC(S(=O)C2CC(C(C)(C)C)CCC2C#N)C1. The lowest BCUT2D eigenvalue weighted by molar-refractivity contribution is 0.167. The van der Waals surface area contributed by atoms with E-state index in [2.05, 4.69) is 33.8 Å². The molecule has 120 valence electrons. The summed E-state index contributed by atoms with van der Waals surface area (Å²) in [7, 11) is -0.822. The quantitative estimate of drug-likeness (QED) is 0.744. The van der Waals surface area contributed by atoms with Crippen LogP contribution in [0.1, 0.15) is 72.6 Å². The van der Waals surface area contributed by atoms with E-state index >= 15 is 0 Å². The second kappa shape index (κ2) is 6.82. The fourth-order valence-electron chi connectivity index (χ4n) is 4.16. The van der Waals surface area contributed by atoms with Crippen molar-refractivity contribution in [2.45, 2.75) is 83.1 Å². The van der Waals surface area contributed by atoms with Crippen molar-refractivity contribution in [3.63, 3.8) is 0 Å². The lowest BCUT2D eigenvalue weighted by Gasteiger charge is -2.41. The minimum atomic E-state index is -0.822. The van der Waals surface area contributed by atoms with Crippen LogP contribution >= 0.6 is 0 Å². The van der Waals surface area contributed by atoms with Crippen LogP contribution in [0.25, 0.3) is 0 Å². The van der Waals surface area contributed by atoms with Gasteiger partial charge in [-0.1, -0.05) is 40.5 Å². The van der Waals surface area contributed by atoms with Gasteiger partial charge in [0.05, 0.1) is 17.2 Å². The second-order valence-electron chi connectivity index (χ2n) is 8.37. The van der Waals surface area contributed by atoms with Crippen molar-refractivity contribution in [2.24, 2.45) is 23.2 Å². The molecule has 0 N–H and O–H groups in total. The van der Waals surface area contributed by atoms with Gasteiger partial charge < -0.3 is 0 Å². The van der Waals surface area contributed by atoms with Crippen LogP contribution in [0.4, 0.5) is 0 Å². The van der Waals surface area contributed by atoms with Gasteiger partial charge in [0, 0.05) is 16.0 Å². The van der Waals surface area contributed by atoms with E-state index in [9.17, 15) is 9.47 Å². The van der Waals surface area contributed by atoms with Crippen LogP contribution < -0.4 is 0 Å². The third kappa shape index (κ3) is 4.09. The molecule has 0 aromatic rings. The number of nitriles is 1. The third-order valence-corrected chi connectivity index (χ3v) is 7.90.